The molecular formula is C20H31N5O2. The van der Waals surface area contributed by atoms with Crippen LogP contribution < -0.4 is 10.6 Å². The van der Waals surface area contributed by atoms with Crippen LogP contribution in [0, 0.1) is 6.92 Å². The maximum absolute atomic E-state index is 12.4. The molecule has 0 bridgehead atoms. The number of rotatable bonds is 8. The molecule has 3 rings (SSSR count). The van der Waals surface area contributed by atoms with Gasteiger partial charge in [-0.25, -0.2) is 9.97 Å². The Morgan fingerprint density at radius 1 is 1.22 bits per heavy atom. The van der Waals surface area contributed by atoms with E-state index in [-0.39, 0.29) is 5.91 Å². The topological polar surface area (TPSA) is 79.4 Å². The van der Waals surface area contributed by atoms with E-state index in [4.69, 9.17) is 4.74 Å². The fourth-order valence-corrected chi connectivity index (χ4v) is 3.50. The Bertz CT molecular complexity index is 656. The fourth-order valence-electron chi connectivity index (χ4n) is 3.50. The summed E-state index contributed by atoms with van der Waals surface area (Å²) in [6.45, 7) is 7.73. The second-order valence-corrected chi connectivity index (χ2v) is 7.18. The number of amides is 1. The summed E-state index contributed by atoms with van der Waals surface area (Å²) in [6.07, 6.45) is 8.15. The van der Waals surface area contributed by atoms with Gasteiger partial charge in [0.15, 0.2) is 0 Å². The molecule has 2 N–H and O–H groups in total. The molecule has 148 valence electrons. The summed E-state index contributed by atoms with van der Waals surface area (Å²) in [4.78, 5) is 23.5. The van der Waals surface area contributed by atoms with E-state index in [1.54, 1.807) is 6.07 Å². The highest BCUT2D eigenvalue weighted by Crippen LogP contribution is 2.19. The minimum atomic E-state index is -0.131. The summed E-state index contributed by atoms with van der Waals surface area (Å²) >= 11 is 0. The smallest absolute Gasteiger partial charge is 0.270 e. The third kappa shape index (κ3) is 6.59. The molecular weight excluding hydrogens is 342 g/mol. The zero-order valence-electron chi connectivity index (χ0n) is 16.3. The van der Waals surface area contributed by atoms with Crippen LogP contribution in [0.4, 0.5) is 5.82 Å². The van der Waals surface area contributed by atoms with Crippen molar-refractivity contribution in [1.82, 2.24) is 20.2 Å². The Labute approximate surface area is 161 Å². The second kappa shape index (κ2) is 10.4. The highest BCUT2D eigenvalue weighted by atomic mass is 16.5. The predicted molar refractivity (Wildman–Crippen MR) is 106 cm³/mol. The first kappa shape index (κ1) is 19.8. The van der Waals surface area contributed by atoms with Crippen LogP contribution in [-0.4, -0.2) is 66.7 Å². The van der Waals surface area contributed by atoms with Gasteiger partial charge in [0.2, 0.25) is 0 Å². The fraction of sp³-hybridized carbons (Fsp3) is 0.650. The van der Waals surface area contributed by atoms with Gasteiger partial charge in [0.05, 0.1) is 13.2 Å². The molecule has 1 aliphatic heterocycles. The van der Waals surface area contributed by atoms with Crippen LogP contribution in [-0.2, 0) is 4.74 Å². The van der Waals surface area contributed by atoms with Crippen molar-refractivity contribution < 1.29 is 9.53 Å². The molecule has 1 aromatic heterocycles. The molecule has 27 heavy (non-hydrogen) atoms. The molecule has 0 saturated carbocycles. The Kier molecular flexibility index (Phi) is 7.59. The second-order valence-electron chi connectivity index (χ2n) is 7.18. The number of ether oxygens (including phenoxy) is 1. The highest BCUT2D eigenvalue weighted by molar-refractivity contribution is 5.92. The zero-order valence-corrected chi connectivity index (χ0v) is 16.3. The van der Waals surface area contributed by atoms with Crippen LogP contribution >= 0.6 is 0 Å². The number of hydrogen-bond acceptors (Lipinski definition) is 6. The molecule has 7 heteroatoms. The molecule has 1 amide bonds. The average Bonchev–Trinajstić information content (AvgIpc) is 2.69. The summed E-state index contributed by atoms with van der Waals surface area (Å²) in [6, 6.07) is 1.74. The molecule has 1 saturated heterocycles. The first-order chi connectivity index (χ1) is 13.2. The Morgan fingerprint density at radius 3 is 2.85 bits per heavy atom. The van der Waals surface area contributed by atoms with Crippen molar-refractivity contribution >= 4 is 11.7 Å². The van der Waals surface area contributed by atoms with E-state index < -0.39 is 0 Å². The molecule has 1 aliphatic carbocycles. The van der Waals surface area contributed by atoms with Gasteiger partial charge in [-0.1, -0.05) is 11.6 Å². The number of hydrogen-bond donors (Lipinski definition) is 2. The number of allylic oxidation sites excluding steroid dienone is 1. The largest absolute Gasteiger partial charge is 0.379 e. The predicted octanol–water partition coefficient (Wildman–Crippen LogP) is 2.15. The van der Waals surface area contributed by atoms with Crippen LogP contribution in [0.1, 0.15) is 48.4 Å². The van der Waals surface area contributed by atoms with Gasteiger partial charge < -0.3 is 15.4 Å². The Balaban J connectivity index is 1.46. The van der Waals surface area contributed by atoms with Gasteiger partial charge in [0.25, 0.3) is 5.91 Å². The number of anilines is 1. The number of aryl methyl sites for hydroxylation is 1. The molecule has 0 aromatic carbocycles. The third-order valence-corrected chi connectivity index (χ3v) is 5.03. The third-order valence-electron chi connectivity index (χ3n) is 5.03. The standard InChI is InChI=1S/C20H31N5O2/c1-16-23-18(20(26)22-8-7-17-5-3-2-4-6-17)15-19(24-16)21-9-10-25-11-13-27-14-12-25/h5,15H,2-4,6-14H2,1H3,(H,22,26)(H,21,23,24). The molecule has 2 heterocycles. The lowest BCUT2D eigenvalue weighted by Crippen LogP contribution is -2.39. The lowest BCUT2D eigenvalue weighted by Gasteiger charge is -2.26. The quantitative estimate of drug-likeness (QED) is 0.680. The van der Waals surface area contributed by atoms with Gasteiger partial charge in [-0.2, -0.15) is 0 Å². The van der Waals surface area contributed by atoms with Gasteiger partial charge in [-0.15, -0.1) is 0 Å². The van der Waals surface area contributed by atoms with Crippen molar-refractivity contribution in [2.75, 3.05) is 51.3 Å². The van der Waals surface area contributed by atoms with E-state index >= 15 is 0 Å². The Morgan fingerprint density at radius 2 is 2.07 bits per heavy atom. The maximum atomic E-state index is 12.4. The van der Waals surface area contributed by atoms with Crippen LogP contribution in [0.25, 0.3) is 0 Å². The molecule has 0 unspecified atom stereocenters. The lowest BCUT2D eigenvalue weighted by atomic mass is 9.97. The van der Waals surface area contributed by atoms with E-state index in [1.807, 2.05) is 6.92 Å². The monoisotopic (exact) mass is 373 g/mol. The Hall–Kier alpha value is -1.99. The van der Waals surface area contributed by atoms with E-state index in [0.717, 1.165) is 45.8 Å². The highest BCUT2D eigenvalue weighted by Gasteiger charge is 2.12. The van der Waals surface area contributed by atoms with Gasteiger partial charge >= 0.3 is 0 Å². The van der Waals surface area contributed by atoms with E-state index in [0.29, 0.717) is 23.9 Å². The van der Waals surface area contributed by atoms with Crippen LogP contribution in [0.2, 0.25) is 0 Å². The van der Waals surface area contributed by atoms with Crippen molar-refractivity contribution in [3.05, 3.63) is 29.2 Å². The van der Waals surface area contributed by atoms with Gasteiger partial charge in [-0.05, 0) is 39.0 Å². The summed E-state index contributed by atoms with van der Waals surface area (Å²) in [5, 5.41) is 6.30. The van der Waals surface area contributed by atoms with E-state index in [1.165, 1.54) is 31.3 Å². The first-order valence-corrected chi connectivity index (χ1v) is 10.1. The van der Waals surface area contributed by atoms with Crippen LogP contribution in [0.3, 0.4) is 0 Å². The van der Waals surface area contributed by atoms with Crippen molar-refractivity contribution in [3.63, 3.8) is 0 Å². The van der Waals surface area contributed by atoms with E-state index in [2.05, 4.69) is 31.6 Å². The molecule has 1 aromatic rings. The average molecular weight is 374 g/mol. The van der Waals surface area contributed by atoms with Crippen molar-refractivity contribution in [2.24, 2.45) is 0 Å². The van der Waals surface area contributed by atoms with Crippen LogP contribution in [0.5, 0.6) is 0 Å². The number of nitrogens with one attached hydrogen (secondary N) is 2. The summed E-state index contributed by atoms with van der Waals surface area (Å²) in [5.74, 6) is 1.18. The number of carbonyl (C=O) groups excluding carboxylic acids is 1. The number of carbonyl (C=O) groups is 1. The molecule has 2 aliphatic rings. The van der Waals surface area contributed by atoms with Crippen LogP contribution in [0.15, 0.2) is 17.7 Å². The number of morpholine rings is 1. The normalized spacial score (nSPS) is 18.0. The first-order valence-electron chi connectivity index (χ1n) is 10.1. The summed E-state index contributed by atoms with van der Waals surface area (Å²) < 4.78 is 5.36. The SMILES string of the molecule is Cc1nc(NCCN2CCOCC2)cc(C(=O)NCCC2=CCCCC2)n1. The molecule has 1 fully saturated rings. The minimum absolute atomic E-state index is 0.131. The van der Waals surface area contributed by atoms with Gasteiger partial charge in [-0.3, -0.25) is 9.69 Å². The summed E-state index contributed by atoms with van der Waals surface area (Å²) in [7, 11) is 0. The molecule has 0 atom stereocenters. The molecule has 7 nitrogen and oxygen atoms in total. The van der Waals surface area contributed by atoms with Gasteiger partial charge in [0, 0.05) is 38.8 Å². The number of aromatic nitrogens is 2. The van der Waals surface area contributed by atoms with Crippen molar-refractivity contribution in [2.45, 2.75) is 39.0 Å². The number of nitrogens with zero attached hydrogens (tertiary/aromatic N) is 3. The van der Waals surface area contributed by atoms with Crippen molar-refractivity contribution in [1.29, 1.82) is 0 Å². The van der Waals surface area contributed by atoms with Gasteiger partial charge in [0.1, 0.15) is 17.3 Å². The molecule has 0 radical (unpaired) electrons. The lowest BCUT2D eigenvalue weighted by molar-refractivity contribution is 0.0398. The van der Waals surface area contributed by atoms with E-state index in [9.17, 15) is 4.79 Å². The maximum Gasteiger partial charge on any atom is 0.270 e. The minimum Gasteiger partial charge on any atom is -0.379 e. The molecule has 0 spiro atoms. The summed E-state index contributed by atoms with van der Waals surface area (Å²) in [5.41, 5.74) is 1.89. The van der Waals surface area contributed by atoms with Crippen molar-refractivity contribution in [3.8, 4) is 0 Å². The zero-order chi connectivity index (χ0) is 18.9.